The van der Waals surface area contributed by atoms with Crippen molar-refractivity contribution >= 4 is 22.6 Å². The second-order valence-electron chi connectivity index (χ2n) is 10.7. The molecular formula is C29H38N4O5. The third kappa shape index (κ3) is 6.77. The predicted molar refractivity (Wildman–Crippen MR) is 149 cm³/mol. The largest absolute Gasteiger partial charge is 0.481 e. The van der Waals surface area contributed by atoms with Crippen LogP contribution in [-0.2, 0) is 23.1 Å². The summed E-state index contributed by atoms with van der Waals surface area (Å²) in [6.45, 7) is 9.59. The van der Waals surface area contributed by atoms with Crippen LogP contribution in [0.4, 0.5) is 0 Å². The lowest BCUT2D eigenvalue weighted by atomic mass is 9.79. The number of likely N-dealkylation sites (tertiary alicyclic amines) is 1. The zero-order chi connectivity index (χ0) is 28.0. The van der Waals surface area contributed by atoms with Crippen LogP contribution in [0, 0.1) is 11.3 Å². The number of piperidine rings is 1. The van der Waals surface area contributed by atoms with Gasteiger partial charge in [0.25, 0.3) is 5.56 Å². The molecule has 4 rings (SSSR count). The lowest BCUT2D eigenvalue weighted by molar-refractivity contribution is -0.137. The molecule has 38 heavy (non-hydrogen) atoms. The minimum Gasteiger partial charge on any atom is -0.481 e. The summed E-state index contributed by atoms with van der Waals surface area (Å²) < 4.78 is 2.47. The molecule has 0 saturated carbocycles. The van der Waals surface area contributed by atoms with Gasteiger partial charge in [0, 0.05) is 43.1 Å². The summed E-state index contributed by atoms with van der Waals surface area (Å²) >= 11 is 0. The number of aryl methyl sites for hydroxylation is 2. The Hall–Kier alpha value is -3.72. The minimum atomic E-state index is -0.865. The molecule has 9 heteroatoms. The van der Waals surface area contributed by atoms with Crippen LogP contribution >= 0.6 is 0 Å². The molecule has 0 radical (unpaired) electrons. The zero-order valence-electron chi connectivity index (χ0n) is 22.6. The van der Waals surface area contributed by atoms with Crippen molar-refractivity contribution < 1.29 is 14.7 Å². The number of hydrogen-bond acceptors (Lipinski definition) is 5. The Balaban J connectivity index is 0.000000244. The van der Waals surface area contributed by atoms with Crippen LogP contribution in [0.3, 0.4) is 0 Å². The summed E-state index contributed by atoms with van der Waals surface area (Å²) in [7, 11) is 1.59. The van der Waals surface area contributed by atoms with Crippen LogP contribution in [0.1, 0.15) is 45.6 Å². The molecule has 1 saturated heterocycles. The van der Waals surface area contributed by atoms with Crippen molar-refractivity contribution in [2.75, 3.05) is 19.6 Å². The van der Waals surface area contributed by atoms with Gasteiger partial charge in [0.2, 0.25) is 5.91 Å². The van der Waals surface area contributed by atoms with E-state index >= 15 is 0 Å². The number of nitrogens with zero attached hydrogens (tertiary/aromatic N) is 3. The molecule has 1 amide bonds. The molecule has 0 unspecified atom stereocenters. The van der Waals surface area contributed by atoms with Crippen LogP contribution in [-0.4, -0.2) is 50.7 Å². The topological polar surface area (TPSA) is 128 Å². The number of carboxylic acids is 1. The molecule has 1 aromatic heterocycles. The van der Waals surface area contributed by atoms with Crippen LogP contribution in [0.5, 0.6) is 0 Å². The van der Waals surface area contributed by atoms with E-state index in [1.54, 1.807) is 19.2 Å². The van der Waals surface area contributed by atoms with Gasteiger partial charge in [-0.1, -0.05) is 51.1 Å². The van der Waals surface area contributed by atoms with Crippen molar-refractivity contribution in [3.05, 3.63) is 75.1 Å². The molecule has 2 aromatic carbocycles. The fraction of sp³-hybridized carbons (Fsp3) is 0.448. The van der Waals surface area contributed by atoms with E-state index in [1.165, 1.54) is 16.8 Å². The quantitative estimate of drug-likeness (QED) is 0.491. The van der Waals surface area contributed by atoms with E-state index in [9.17, 15) is 19.2 Å². The number of aromatic nitrogens is 2. The first-order valence-electron chi connectivity index (χ1n) is 13.0. The highest BCUT2D eigenvalue weighted by Gasteiger charge is 2.35. The SMILES string of the molecule is CC(C)CN1CCC(C)(C(N)=O)CC1.Cn1ccc(=O)n(-c2cccc3c(CCC(=O)O)cccc23)c1=O. The normalized spacial score (nSPS) is 15.2. The maximum absolute atomic E-state index is 12.4. The van der Waals surface area contributed by atoms with E-state index in [0.717, 1.165) is 53.4 Å². The van der Waals surface area contributed by atoms with Crippen LogP contribution in [0.15, 0.2) is 58.3 Å². The number of carbonyl (C=O) groups is 2. The number of hydrogen-bond donors (Lipinski definition) is 2. The molecule has 1 aliphatic rings. The monoisotopic (exact) mass is 522 g/mol. The summed E-state index contributed by atoms with van der Waals surface area (Å²) in [4.78, 5) is 49.1. The molecule has 9 nitrogen and oxygen atoms in total. The molecule has 1 fully saturated rings. The number of carbonyl (C=O) groups excluding carboxylic acids is 1. The maximum atomic E-state index is 12.4. The lowest BCUT2D eigenvalue weighted by Crippen LogP contribution is -2.46. The Morgan fingerprint density at radius 3 is 2.26 bits per heavy atom. The van der Waals surface area contributed by atoms with Crippen molar-refractivity contribution in [3.63, 3.8) is 0 Å². The molecule has 204 valence electrons. The van der Waals surface area contributed by atoms with E-state index in [4.69, 9.17) is 10.8 Å². The number of rotatable bonds is 7. The van der Waals surface area contributed by atoms with E-state index in [2.05, 4.69) is 18.7 Å². The average molecular weight is 523 g/mol. The Kier molecular flexibility index (Phi) is 9.27. The molecule has 3 aromatic rings. The number of fused-ring (bicyclic) bond motifs is 1. The van der Waals surface area contributed by atoms with Crippen molar-refractivity contribution in [2.45, 2.75) is 46.5 Å². The lowest BCUT2D eigenvalue weighted by Gasteiger charge is -2.37. The third-order valence-corrected chi connectivity index (χ3v) is 7.17. The van der Waals surface area contributed by atoms with Crippen molar-refractivity contribution in [1.29, 1.82) is 0 Å². The van der Waals surface area contributed by atoms with Gasteiger partial charge in [-0.25, -0.2) is 9.36 Å². The van der Waals surface area contributed by atoms with Gasteiger partial charge in [0.1, 0.15) is 0 Å². The van der Waals surface area contributed by atoms with Gasteiger partial charge in [-0.3, -0.25) is 14.4 Å². The van der Waals surface area contributed by atoms with Crippen molar-refractivity contribution in [1.82, 2.24) is 14.0 Å². The number of carboxylic acid groups (broad SMARTS) is 1. The van der Waals surface area contributed by atoms with Crippen LogP contribution in [0.25, 0.3) is 16.5 Å². The fourth-order valence-electron chi connectivity index (χ4n) is 4.79. The van der Waals surface area contributed by atoms with E-state index in [1.807, 2.05) is 31.2 Å². The number of nitrogens with two attached hydrogens (primary N) is 1. The fourth-order valence-corrected chi connectivity index (χ4v) is 4.79. The van der Waals surface area contributed by atoms with Gasteiger partial charge in [-0.15, -0.1) is 0 Å². The molecule has 0 atom stereocenters. The third-order valence-electron chi connectivity index (χ3n) is 7.17. The van der Waals surface area contributed by atoms with Gasteiger partial charge < -0.3 is 20.3 Å². The summed E-state index contributed by atoms with van der Waals surface area (Å²) in [5, 5.41) is 10.5. The maximum Gasteiger partial charge on any atom is 0.335 e. The van der Waals surface area contributed by atoms with Gasteiger partial charge in [0.05, 0.1) is 5.69 Å². The number of aliphatic carboxylic acids is 1. The summed E-state index contributed by atoms with van der Waals surface area (Å²) in [5.74, 6) is -0.300. The zero-order valence-corrected chi connectivity index (χ0v) is 22.6. The first-order valence-corrected chi connectivity index (χ1v) is 13.0. The van der Waals surface area contributed by atoms with Gasteiger partial charge in [0.15, 0.2) is 0 Å². The smallest absolute Gasteiger partial charge is 0.335 e. The van der Waals surface area contributed by atoms with Crippen LogP contribution in [0.2, 0.25) is 0 Å². The first kappa shape index (κ1) is 28.8. The van der Waals surface area contributed by atoms with Gasteiger partial charge in [-0.2, -0.15) is 0 Å². The summed E-state index contributed by atoms with van der Waals surface area (Å²) in [6.07, 6.45) is 3.67. The highest BCUT2D eigenvalue weighted by atomic mass is 16.4. The van der Waals surface area contributed by atoms with Crippen LogP contribution < -0.4 is 17.0 Å². The second kappa shape index (κ2) is 12.2. The number of primary amides is 1. The molecule has 0 aliphatic carbocycles. The van der Waals surface area contributed by atoms with Crippen molar-refractivity contribution in [3.8, 4) is 5.69 Å². The molecule has 0 bridgehead atoms. The second-order valence-corrected chi connectivity index (χ2v) is 10.7. The number of amides is 1. The Morgan fingerprint density at radius 2 is 1.66 bits per heavy atom. The molecule has 1 aliphatic heterocycles. The van der Waals surface area contributed by atoms with Crippen molar-refractivity contribution in [2.24, 2.45) is 24.1 Å². The van der Waals surface area contributed by atoms with E-state index in [0.29, 0.717) is 18.0 Å². The highest BCUT2D eigenvalue weighted by Crippen LogP contribution is 2.30. The molecule has 2 heterocycles. The summed E-state index contributed by atoms with van der Waals surface area (Å²) in [5.41, 5.74) is 5.68. The standard InChI is InChI=1S/C18H16N2O4.C11H22N2O/c1-19-11-10-16(21)20(18(19)24)15-7-3-5-13-12(8-9-17(22)23)4-2-6-14(13)15;1-9(2)8-13-6-4-11(3,5-7-13)10(12)14/h2-7,10-11H,8-9H2,1H3,(H,22,23);9H,4-8H2,1-3H3,(H2,12,14). The van der Waals surface area contributed by atoms with E-state index < -0.39 is 17.2 Å². The van der Waals surface area contributed by atoms with E-state index in [-0.39, 0.29) is 17.7 Å². The van der Waals surface area contributed by atoms with Gasteiger partial charge >= 0.3 is 11.7 Å². The molecule has 0 spiro atoms. The molecule has 3 N–H and O–H groups in total. The highest BCUT2D eigenvalue weighted by molar-refractivity contribution is 5.92. The Labute approximate surface area is 222 Å². The predicted octanol–water partition coefficient (Wildman–Crippen LogP) is 2.94. The molecular weight excluding hydrogens is 484 g/mol. The first-order chi connectivity index (χ1) is 17.9. The Morgan fingerprint density at radius 1 is 1.03 bits per heavy atom. The Bertz CT molecular complexity index is 1410. The summed E-state index contributed by atoms with van der Waals surface area (Å²) in [6, 6.07) is 12.2. The number of benzene rings is 2. The average Bonchev–Trinajstić information content (AvgIpc) is 2.87. The van der Waals surface area contributed by atoms with Gasteiger partial charge in [-0.05, 0) is 55.3 Å². The minimum absolute atomic E-state index is 0.0242.